The van der Waals surface area contributed by atoms with Crippen LogP contribution >= 0.6 is 66.3 Å². The predicted octanol–water partition coefficient (Wildman–Crippen LogP) is 4.17. The van der Waals surface area contributed by atoms with E-state index in [0.29, 0.717) is 11.3 Å². The summed E-state index contributed by atoms with van der Waals surface area (Å²) >= 11 is 11.2. The van der Waals surface area contributed by atoms with E-state index in [0.717, 1.165) is 17.0 Å². The number of anilines is 1. The molecule has 2 rings (SSSR count). The van der Waals surface area contributed by atoms with Gasteiger partial charge >= 0.3 is 0 Å². The fourth-order valence-electron chi connectivity index (χ4n) is 1.18. The fourth-order valence-corrected chi connectivity index (χ4v) is 5.68. The van der Waals surface area contributed by atoms with E-state index in [4.69, 9.17) is 0 Å². The molecule has 0 aliphatic heterocycles. The minimum absolute atomic E-state index is 0.0837. The number of nitrogens with zero attached hydrogens (tertiary/aromatic N) is 3. The van der Waals surface area contributed by atoms with Gasteiger partial charge in [0.15, 0.2) is 10.1 Å². The van der Waals surface area contributed by atoms with Crippen molar-refractivity contribution in [1.82, 2.24) is 10.2 Å². The Hall–Kier alpha value is 0.0400. The summed E-state index contributed by atoms with van der Waals surface area (Å²) in [5.41, 5.74) is 0.710. The van der Waals surface area contributed by atoms with Gasteiger partial charge < -0.3 is 4.90 Å². The van der Waals surface area contributed by atoms with E-state index in [9.17, 15) is 4.79 Å². The largest absolute Gasteiger partial charge is 0.353 e. The molecule has 0 atom stereocenters. The van der Waals surface area contributed by atoms with Crippen molar-refractivity contribution in [2.75, 3.05) is 24.7 Å². The zero-order chi connectivity index (χ0) is 14.0. The average Bonchev–Trinajstić information content (AvgIpc) is 2.93. The molecular weight excluding hydrogens is 434 g/mol. The van der Waals surface area contributed by atoms with Gasteiger partial charge in [0, 0.05) is 19.7 Å². The van der Waals surface area contributed by atoms with E-state index >= 15 is 0 Å². The van der Waals surface area contributed by atoms with Crippen molar-refractivity contribution in [2.24, 2.45) is 0 Å². The van der Waals surface area contributed by atoms with Gasteiger partial charge in [-0.05, 0) is 37.9 Å². The number of Topliss-reactive ketones (excluding diaryl/α,β-unsaturated/α-hetero) is 1. The maximum Gasteiger partial charge on any atom is 0.208 e. The second-order valence-corrected chi connectivity index (χ2v) is 9.62. The number of halogens is 2. The number of carbonyl (C=O) groups is 1. The number of thioether (sulfide) groups is 1. The maximum absolute atomic E-state index is 12.1. The van der Waals surface area contributed by atoms with Gasteiger partial charge in [-0.25, -0.2) is 0 Å². The molecule has 0 bridgehead atoms. The normalized spacial score (nSPS) is 10.7. The molecule has 9 heteroatoms. The lowest BCUT2D eigenvalue weighted by atomic mass is 10.2. The van der Waals surface area contributed by atoms with Gasteiger partial charge in [-0.3, -0.25) is 4.79 Å². The zero-order valence-electron chi connectivity index (χ0n) is 10.0. The molecule has 0 saturated carbocycles. The van der Waals surface area contributed by atoms with Gasteiger partial charge in [0.1, 0.15) is 0 Å². The highest BCUT2D eigenvalue weighted by atomic mass is 79.9. The third kappa shape index (κ3) is 4.01. The number of hydrogen-bond acceptors (Lipinski definition) is 7. The van der Waals surface area contributed by atoms with Crippen molar-refractivity contribution in [1.29, 1.82) is 0 Å². The Balaban J connectivity index is 1.98. The van der Waals surface area contributed by atoms with Gasteiger partial charge in [0.05, 0.1) is 13.3 Å². The number of rotatable bonds is 5. The standard InChI is InChI=1S/C10H9Br2N3OS3/c1-15(2)9-13-14-10(19-9)17-4-6(16)5-3-7(11)18-8(5)12/h3H,4H2,1-2H3. The summed E-state index contributed by atoms with van der Waals surface area (Å²) in [5, 5.41) is 8.93. The highest BCUT2D eigenvalue weighted by molar-refractivity contribution is 9.12. The minimum atomic E-state index is 0.0837. The van der Waals surface area contributed by atoms with Gasteiger partial charge in [-0.15, -0.1) is 21.5 Å². The molecule has 0 spiro atoms. The Labute approximate surface area is 139 Å². The van der Waals surface area contributed by atoms with Crippen LogP contribution in [-0.4, -0.2) is 35.8 Å². The molecule has 0 aliphatic carbocycles. The van der Waals surface area contributed by atoms with Crippen LogP contribution in [-0.2, 0) is 0 Å². The molecule has 2 heterocycles. The van der Waals surface area contributed by atoms with Crippen molar-refractivity contribution < 1.29 is 4.79 Å². The maximum atomic E-state index is 12.1. The Morgan fingerprint density at radius 1 is 1.37 bits per heavy atom. The van der Waals surface area contributed by atoms with E-state index in [2.05, 4.69) is 42.1 Å². The summed E-state index contributed by atoms with van der Waals surface area (Å²) in [6.07, 6.45) is 0. The number of thiophene rings is 1. The first-order valence-corrected chi connectivity index (χ1v) is 9.29. The zero-order valence-corrected chi connectivity index (χ0v) is 15.6. The van der Waals surface area contributed by atoms with Crippen LogP contribution in [0, 0.1) is 0 Å². The molecular formula is C10H9Br2N3OS3. The number of aromatic nitrogens is 2. The first kappa shape index (κ1) is 15.4. The summed E-state index contributed by atoms with van der Waals surface area (Å²) in [6.45, 7) is 0. The molecule has 2 aromatic heterocycles. The van der Waals surface area contributed by atoms with Crippen LogP contribution < -0.4 is 4.90 Å². The van der Waals surface area contributed by atoms with Crippen molar-refractivity contribution in [2.45, 2.75) is 4.34 Å². The molecule has 0 fully saturated rings. The lowest BCUT2D eigenvalue weighted by molar-refractivity contribution is 0.102. The smallest absolute Gasteiger partial charge is 0.208 e. The third-order valence-corrected chi connectivity index (χ3v) is 6.63. The minimum Gasteiger partial charge on any atom is -0.353 e. The summed E-state index contributed by atoms with van der Waals surface area (Å²) in [5.74, 6) is 0.449. The Morgan fingerprint density at radius 3 is 2.63 bits per heavy atom. The Kier molecular flexibility index (Phi) is 5.41. The molecule has 0 saturated heterocycles. The molecule has 102 valence electrons. The van der Waals surface area contributed by atoms with E-state index < -0.39 is 0 Å². The lowest BCUT2D eigenvalue weighted by Gasteiger charge is -2.03. The fraction of sp³-hybridized carbons (Fsp3) is 0.300. The quantitative estimate of drug-likeness (QED) is 0.513. The summed E-state index contributed by atoms with van der Waals surface area (Å²) < 4.78 is 2.61. The Bertz CT molecular complexity index is 597. The highest BCUT2D eigenvalue weighted by Crippen LogP contribution is 2.33. The second-order valence-electron chi connectivity index (χ2n) is 3.69. The molecule has 4 nitrogen and oxygen atoms in total. The third-order valence-electron chi connectivity index (χ3n) is 2.06. The summed E-state index contributed by atoms with van der Waals surface area (Å²) in [4.78, 5) is 14.0. The van der Waals surface area contributed by atoms with Crippen LogP contribution in [0.25, 0.3) is 0 Å². The van der Waals surface area contributed by atoms with E-state index in [1.807, 2.05) is 25.1 Å². The van der Waals surface area contributed by atoms with Gasteiger partial charge in [0.25, 0.3) is 0 Å². The van der Waals surface area contributed by atoms with Crippen molar-refractivity contribution in [3.63, 3.8) is 0 Å². The van der Waals surface area contributed by atoms with Crippen molar-refractivity contribution in [3.05, 3.63) is 19.2 Å². The van der Waals surface area contributed by atoms with Crippen LogP contribution in [0.3, 0.4) is 0 Å². The molecule has 0 aliphatic rings. The number of hydrogen-bond donors (Lipinski definition) is 0. The second kappa shape index (κ2) is 6.66. The number of carbonyl (C=O) groups excluding carboxylic acids is 1. The molecule has 0 amide bonds. The van der Waals surface area contributed by atoms with Crippen LogP contribution in [0.2, 0.25) is 0 Å². The van der Waals surface area contributed by atoms with Gasteiger partial charge in [-0.1, -0.05) is 23.1 Å². The van der Waals surface area contributed by atoms with Crippen LogP contribution in [0.5, 0.6) is 0 Å². The molecule has 2 aromatic rings. The molecule has 0 N–H and O–H groups in total. The SMILES string of the molecule is CN(C)c1nnc(SCC(=O)c2cc(Br)sc2Br)s1. The summed E-state index contributed by atoms with van der Waals surface area (Å²) in [7, 11) is 3.83. The van der Waals surface area contributed by atoms with Crippen molar-refractivity contribution >= 4 is 77.2 Å². The van der Waals surface area contributed by atoms with Crippen molar-refractivity contribution in [3.8, 4) is 0 Å². The van der Waals surface area contributed by atoms with Gasteiger partial charge in [-0.2, -0.15) is 0 Å². The van der Waals surface area contributed by atoms with Crippen LogP contribution in [0.15, 0.2) is 18.0 Å². The average molecular weight is 443 g/mol. The van der Waals surface area contributed by atoms with E-state index in [-0.39, 0.29) is 5.78 Å². The monoisotopic (exact) mass is 441 g/mol. The molecule has 0 radical (unpaired) electrons. The first-order valence-electron chi connectivity index (χ1n) is 5.09. The Morgan fingerprint density at radius 2 is 2.11 bits per heavy atom. The first-order chi connectivity index (χ1) is 8.97. The molecule has 0 unspecified atom stereocenters. The molecule has 19 heavy (non-hydrogen) atoms. The highest BCUT2D eigenvalue weighted by Gasteiger charge is 2.15. The summed E-state index contributed by atoms with van der Waals surface area (Å²) in [6, 6.07) is 1.84. The van der Waals surface area contributed by atoms with Crippen LogP contribution in [0.4, 0.5) is 5.13 Å². The predicted molar refractivity (Wildman–Crippen MR) is 89.0 cm³/mol. The lowest BCUT2D eigenvalue weighted by Crippen LogP contribution is -2.07. The molecule has 0 aromatic carbocycles. The van der Waals surface area contributed by atoms with E-state index in [1.54, 1.807) is 0 Å². The van der Waals surface area contributed by atoms with Gasteiger partial charge in [0.2, 0.25) is 5.13 Å². The van der Waals surface area contributed by atoms with E-state index in [1.165, 1.54) is 34.4 Å². The topological polar surface area (TPSA) is 46.1 Å². The van der Waals surface area contributed by atoms with Crippen LogP contribution in [0.1, 0.15) is 10.4 Å². The number of ketones is 1.